The number of halogens is 1. The molecule has 0 aliphatic carbocycles. The molecule has 1 amide bonds. The van der Waals surface area contributed by atoms with Crippen LogP contribution in [0.5, 0.6) is 0 Å². The van der Waals surface area contributed by atoms with Crippen LogP contribution in [0.2, 0.25) is 5.28 Å². The Labute approximate surface area is 86.1 Å². The van der Waals surface area contributed by atoms with Gasteiger partial charge in [-0.15, -0.1) is 0 Å². The van der Waals surface area contributed by atoms with Crippen molar-refractivity contribution in [3.8, 4) is 0 Å². The molecule has 1 atom stereocenters. The molecule has 5 nitrogen and oxygen atoms in total. The summed E-state index contributed by atoms with van der Waals surface area (Å²) < 4.78 is 0. The maximum atomic E-state index is 11.4. The van der Waals surface area contributed by atoms with E-state index in [4.69, 9.17) is 11.6 Å². The summed E-state index contributed by atoms with van der Waals surface area (Å²) in [6, 6.07) is -0.242. The number of hydrogen-bond donors (Lipinski definition) is 1. The van der Waals surface area contributed by atoms with Crippen LogP contribution in [-0.2, 0) is 4.79 Å². The topological polar surface area (TPSA) is 58.1 Å². The van der Waals surface area contributed by atoms with Gasteiger partial charge in [0.05, 0.1) is 6.20 Å². The Bertz CT molecular complexity index is 395. The molecule has 0 saturated heterocycles. The van der Waals surface area contributed by atoms with E-state index in [1.165, 1.54) is 6.20 Å². The van der Waals surface area contributed by atoms with Crippen molar-refractivity contribution in [1.82, 2.24) is 9.97 Å². The summed E-state index contributed by atoms with van der Waals surface area (Å²) in [5, 5.41) is 2.88. The van der Waals surface area contributed by atoms with Crippen LogP contribution in [0, 0.1) is 0 Å². The molecule has 6 heteroatoms. The van der Waals surface area contributed by atoms with Crippen LogP contribution in [0.4, 0.5) is 11.5 Å². The van der Waals surface area contributed by atoms with Crippen LogP contribution in [0.1, 0.15) is 6.92 Å². The molecule has 2 heterocycles. The normalized spacial score (nSPS) is 20.4. The molecular weight excluding hydrogens is 204 g/mol. The molecule has 74 valence electrons. The minimum atomic E-state index is -0.242. The van der Waals surface area contributed by atoms with E-state index in [0.717, 1.165) is 0 Å². The summed E-state index contributed by atoms with van der Waals surface area (Å²) in [6.07, 6.45) is 1.50. The third-order valence-electron chi connectivity index (χ3n) is 2.29. The zero-order valence-corrected chi connectivity index (χ0v) is 8.54. The van der Waals surface area contributed by atoms with E-state index in [-0.39, 0.29) is 17.2 Å². The molecule has 1 aliphatic heterocycles. The van der Waals surface area contributed by atoms with Gasteiger partial charge in [0.25, 0.3) is 0 Å². The van der Waals surface area contributed by atoms with E-state index in [1.807, 2.05) is 0 Å². The summed E-state index contributed by atoms with van der Waals surface area (Å²) in [7, 11) is 1.80. The molecule has 1 aromatic heterocycles. The summed E-state index contributed by atoms with van der Waals surface area (Å²) in [6.45, 7) is 1.80. The number of amides is 1. The number of carbonyl (C=O) groups is 1. The lowest BCUT2D eigenvalue weighted by Crippen LogP contribution is -2.44. The minimum absolute atomic E-state index is 0.0640. The quantitative estimate of drug-likeness (QED) is 0.650. The van der Waals surface area contributed by atoms with Gasteiger partial charge in [-0.05, 0) is 18.5 Å². The van der Waals surface area contributed by atoms with Crippen molar-refractivity contribution >= 4 is 29.0 Å². The van der Waals surface area contributed by atoms with Crippen LogP contribution in [0.15, 0.2) is 6.20 Å². The van der Waals surface area contributed by atoms with Crippen molar-refractivity contribution in [1.29, 1.82) is 0 Å². The van der Waals surface area contributed by atoms with Crippen LogP contribution >= 0.6 is 11.6 Å². The van der Waals surface area contributed by atoms with Crippen LogP contribution in [-0.4, -0.2) is 29.0 Å². The lowest BCUT2D eigenvalue weighted by atomic mass is 10.2. The average molecular weight is 213 g/mol. The Balaban J connectivity index is 2.51. The van der Waals surface area contributed by atoms with E-state index in [2.05, 4.69) is 15.3 Å². The predicted molar refractivity (Wildman–Crippen MR) is 53.5 cm³/mol. The van der Waals surface area contributed by atoms with Gasteiger partial charge in [0.2, 0.25) is 11.2 Å². The smallest absolute Gasteiger partial charge is 0.246 e. The largest absolute Gasteiger partial charge is 0.346 e. The molecule has 0 saturated carbocycles. The summed E-state index contributed by atoms with van der Waals surface area (Å²) in [4.78, 5) is 21.0. The van der Waals surface area contributed by atoms with Crippen molar-refractivity contribution in [2.45, 2.75) is 13.0 Å². The van der Waals surface area contributed by atoms with Crippen molar-refractivity contribution < 1.29 is 4.79 Å². The van der Waals surface area contributed by atoms with Crippen molar-refractivity contribution in [3.05, 3.63) is 11.5 Å². The van der Waals surface area contributed by atoms with Crippen molar-refractivity contribution in [3.63, 3.8) is 0 Å². The van der Waals surface area contributed by atoms with Crippen molar-refractivity contribution in [2.24, 2.45) is 0 Å². The van der Waals surface area contributed by atoms with Gasteiger partial charge in [-0.3, -0.25) is 4.79 Å². The number of hydrogen-bond acceptors (Lipinski definition) is 4. The Morgan fingerprint density at radius 2 is 2.36 bits per heavy atom. The zero-order valence-electron chi connectivity index (χ0n) is 7.78. The average Bonchev–Trinajstić information content (AvgIpc) is 2.16. The highest BCUT2D eigenvalue weighted by molar-refractivity contribution is 6.28. The fourth-order valence-corrected chi connectivity index (χ4v) is 1.43. The molecule has 2 rings (SSSR count). The molecule has 14 heavy (non-hydrogen) atoms. The summed E-state index contributed by atoms with van der Waals surface area (Å²) in [5.41, 5.74) is 0.597. The maximum absolute atomic E-state index is 11.4. The molecule has 0 aromatic carbocycles. The first-order chi connectivity index (χ1) is 6.59. The fraction of sp³-hybridized carbons (Fsp3) is 0.375. The lowest BCUT2D eigenvalue weighted by molar-refractivity contribution is -0.117. The molecule has 1 N–H and O–H groups in total. The van der Waals surface area contributed by atoms with Crippen LogP contribution in [0.3, 0.4) is 0 Å². The van der Waals surface area contributed by atoms with Gasteiger partial charge in [0.1, 0.15) is 11.7 Å². The number of aromatic nitrogens is 2. The van der Waals surface area contributed by atoms with Gasteiger partial charge in [-0.1, -0.05) is 0 Å². The molecule has 0 spiro atoms. The van der Waals surface area contributed by atoms with Gasteiger partial charge in [0.15, 0.2) is 5.82 Å². The Morgan fingerprint density at radius 3 is 3.07 bits per heavy atom. The van der Waals surface area contributed by atoms with E-state index in [9.17, 15) is 4.79 Å². The second-order valence-corrected chi connectivity index (χ2v) is 3.49. The third-order valence-corrected chi connectivity index (χ3v) is 2.47. The van der Waals surface area contributed by atoms with Gasteiger partial charge >= 0.3 is 0 Å². The predicted octanol–water partition coefficient (Wildman–Crippen LogP) is 0.907. The second-order valence-electron chi connectivity index (χ2n) is 3.15. The summed E-state index contributed by atoms with van der Waals surface area (Å²) >= 11 is 5.66. The molecule has 0 fully saturated rings. The Morgan fingerprint density at radius 1 is 1.64 bits per heavy atom. The highest BCUT2D eigenvalue weighted by Gasteiger charge is 2.28. The van der Waals surface area contributed by atoms with Gasteiger partial charge in [-0.2, -0.15) is 4.98 Å². The molecule has 1 aromatic rings. The molecule has 0 bridgehead atoms. The van der Waals surface area contributed by atoms with E-state index >= 15 is 0 Å². The number of nitrogens with zero attached hydrogens (tertiary/aromatic N) is 3. The standard InChI is InChI=1S/C8H9ClN4O/c1-4-7(14)11-5-3-10-8(9)12-6(5)13(4)2/h3-4H,1-2H3,(H,11,14)/t4-/m0/s1. The van der Waals surface area contributed by atoms with Crippen molar-refractivity contribution in [2.75, 3.05) is 17.3 Å². The maximum Gasteiger partial charge on any atom is 0.246 e. The number of likely N-dealkylation sites (N-methyl/N-ethyl adjacent to an activating group) is 1. The minimum Gasteiger partial charge on any atom is -0.346 e. The second kappa shape index (κ2) is 3.09. The first kappa shape index (κ1) is 9.21. The van der Waals surface area contributed by atoms with E-state index in [1.54, 1.807) is 18.9 Å². The Hall–Kier alpha value is -1.36. The summed E-state index contributed by atoms with van der Waals surface area (Å²) in [5.74, 6) is 0.586. The fourth-order valence-electron chi connectivity index (χ4n) is 1.31. The number of fused-ring (bicyclic) bond motifs is 1. The SMILES string of the molecule is C[C@H]1C(=O)Nc2cnc(Cl)nc2N1C. The number of nitrogens with one attached hydrogen (secondary N) is 1. The molecule has 1 aliphatic rings. The van der Waals surface area contributed by atoms with Gasteiger partial charge in [0, 0.05) is 7.05 Å². The van der Waals surface area contributed by atoms with Gasteiger partial charge in [-0.25, -0.2) is 4.98 Å². The zero-order chi connectivity index (χ0) is 10.3. The third kappa shape index (κ3) is 1.29. The Kier molecular flexibility index (Phi) is 2.03. The molecule has 0 unspecified atom stereocenters. The number of rotatable bonds is 0. The lowest BCUT2D eigenvalue weighted by Gasteiger charge is -2.31. The molecule has 0 radical (unpaired) electrons. The monoisotopic (exact) mass is 212 g/mol. The first-order valence-corrected chi connectivity index (χ1v) is 4.53. The number of carbonyl (C=O) groups excluding carboxylic acids is 1. The van der Waals surface area contributed by atoms with Crippen LogP contribution in [0.25, 0.3) is 0 Å². The van der Waals surface area contributed by atoms with Gasteiger partial charge < -0.3 is 10.2 Å². The highest BCUT2D eigenvalue weighted by atomic mass is 35.5. The van der Waals surface area contributed by atoms with Crippen LogP contribution < -0.4 is 10.2 Å². The molecular formula is C8H9ClN4O. The van der Waals surface area contributed by atoms with E-state index in [0.29, 0.717) is 11.5 Å². The number of anilines is 2. The highest BCUT2D eigenvalue weighted by Crippen LogP contribution is 2.28. The first-order valence-electron chi connectivity index (χ1n) is 4.16. The van der Waals surface area contributed by atoms with E-state index < -0.39 is 0 Å².